The highest BCUT2D eigenvalue weighted by Gasteiger charge is 2.22. The van der Waals surface area contributed by atoms with Crippen LogP contribution in [0.25, 0.3) is 22.4 Å². The van der Waals surface area contributed by atoms with Gasteiger partial charge in [-0.15, -0.1) is 22.7 Å². The Morgan fingerprint density at radius 2 is 1.86 bits per heavy atom. The van der Waals surface area contributed by atoms with Crippen LogP contribution in [0.3, 0.4) is 0 Å². The van der Waals surface area contributed by atoms with Gasteiger partial charge in [-0.25, -0.2) is 9.78 Å². The summed E-state index contributed by atoms with van der Waals surface area (Å²) in [6, 6.07) is 7.31. The van der Waals surface area contributed by atoms with Crippen molar-refractivity contribution < 1.29 is 18.8 Å². The zero-order valence-electron chi connectivity index (χ0n) is 16.4. The third kappa shape index (κ3) is 3.73. The molecule has 0 aliphatic heterocycles. The lowest BCUT2D eigenvalue weighted by atomic mass is 10.1. The van der Waals surface area contributed by atoms with E-state index in [-0.39, 0.29) is 18.1 Å². The van der Waals surface area contributed by atoms with Crippen LogP contribution in [0.1, 0.15) is 40.4 Å². The molecule has 0 spiro atoms. The van der Waals surface area contributed by atoms with E-state index in [4.69, 9.17) is 9.26 Å². The molecule has 0 fully saturated rings. The molecule has 0 unspecified atom stereocenters. The van der Waals surface area contributed by atoms with Crippen LogP contribution in [-0.4, -0.2) is 28.5 Å². The number of Topliss-reactive ketones (excluding diaryl/α,β-unsaturated/α-hetero) is 1. The second-order valence-electron chi connectivity index (χ2n) is 6.74. The molecule has 0 amide bonds. The number of carbonyl (C=O) groups excluding carboxylic acids is 2. The van der Waals surface area contributed by atoms with Gasteiger partial charge in [0.1, 0.15) is 0 Å². The van der Waals surface area contributed by atoms with Gasteiger partial charge in [0.25, 0.3) is 5.71 Å². The van der Waals surface area contributed by atoms with Crippen LogP contribution in [0.4, 0.5) is 0 Å². The van der Waals surface area contributed by atoms with E-state index in [1.54, 1.807) is 30.4 Å². The fourth-order valence-electron chi connectivity index (χ4n) is 3.14. The van der Waals surface area contributed by atoms with E-state index in [0.717, 1.165) is 20.2 Å². The summed E-state index contributed by atoms with van der Waals surface area (Å²) in [5.74, 6) is -0.829. The Labute approximate surface area is 175 Å². The first-order chi connectivity index (χ1) is 13.8. The molecular formula is C21H18N2O4S2. The van der Waals surface area contributed by atoms with Gasteiger partial charge >= 0.3 is 5.97 Å². The Morgan fingerprint density at radius 1 is 1.07 bits per heavy atom. The topological polar surface area (TPSA) is 82.3 Å². The molecule has 0 atom stereocenters. The molecule has 0 aliphatic carbocycles. The summed E-state index contributed by atoms with van der Waals surface area (Å²) < 4.78 is 10.7. The van der Waals surface area contributed by atoms with Gasteiger partial charge in [-0.3, -0.25) is 4.79 Å². The van der Waals surface area contributed by atoms with Crippen LogP contribution in [0.2, 0.25) is 0 Å². The van der Waals surface area contributed by atoms with Crippen LogP contribution in [0.5, 0.6) is 0 Å². The highest BCUT2D eigenvalue weighted by molar-refractivity contribution is 7.14. The normalized spacial score (nSPS) is 11.2. The van der Waals surface area contributed by atoms with E-state index in [1.165, 1.54) is 11.3 Å². The van der Waals surface area contributed by atoms with Crippen molar-refractivity contribution in [3.63, 3.8) is 0 Å². The third-order valence-corrected chi connectivity index (χ3v) is 6.51. The summed E-state index contributed by atoms with van der Waals surface area (Å²) in [7, 11) is 0. The molecule has 0 radical (unpaired) electrons. The monoisotopic (exact) mass is 426 g/mol. The number of ether oxygens (including phenoxy) is 1. The number of hydrogen-bond donors (Lipinski definition) is 0. The summed E-state index contributed by atoms with van der Waals surface area (Å²) in [4.78, 5) is 33.5. The maximum atomic E-state index is 12.9. The van der Waals surface area contributed by atoms with Gasteiger partial charge in [0.2, 0.25) is 5.78 Å². The van der Waals surface area contributed by atoms with Gasteiger partial charge in [0.15, 0.2) is 6.61 Å². The SMILES string of the molecule is Cc1ccc(C(=O)COC(=O)c2cc(-c3cc(C)sc3C)nc3onc(C)c23)s1. The predicted molar refractivity (Wildman–Crippen MR) is 113 cm³/mol. The summed E-state index contributed by atoms with van der Waals surface area (Å²) >= 11 is 3.04. The molecule has 148 valence electrons. The zero-order chi connectivity index (χ0) is 20.7. The highest BCUT2D eigenvalue weighted by atomic mass is 32.1. The molecule has 0 N–H and O–H groups in total. The number of pyridine rings is 1. The lowest BCUT2D eigenvalue weighted by molar-refractivity contribution is 0.0477. The summed E-state index contributed by atoms with van der Waals surface area (Å²) in [5, 5.41) is 4.44. The van der Waals surface area contributed by atoms with Gasteiger partial charge in [-0.2, -0.15) is 0 Å². The summed E-state index contributed by atoms with van der Waals surface area (Å²) in [6.07, 6.45) is 0. The van der Waals surface area contributed by atoms with Gasteiger partial charge in [0, 0.05) is 20.2 Å². The minimum atomic E-state index is -0.601. The highest BCUT2D eigenvalue weighted by Crippen LogP contribution is 2.33. The van der Waals surface area contributed by atoms with Crippen molar-refractivity contribution >= 4 is 45.5 Å². The van der Waals surface area contributed by atoms with E-state index in [9.17, 15) is 9.59 Å². The van der Waals surface area contributed by atoms with Crippen molar-refractivity contribution in [1.82, 2.24) is 10.1 Å². The molecule has 0 bridgehead atoms. The molecule has 0 aromatic carbocycles. The zero-order valence-corrected chi connectivity index (χ0v) is 18.0. The quantitative estimate of drug-likeness (QED) is 0.319. The van der Waals surface area contributed by atoms with Gasteiger partial charge in [-0.1, -0.05) is 5.16 Å². The van der Waals surface area contributed by atoms with Crippen molar-refractivity contribution in [2.45, 2.75) is 27.7 Å². The fourth-order valence-corrected chi connectivity index (χ4v) is 4.87. The van der Waals surface area contributed by atoms with E-state index >= 15 is 0 Å². The van der Waals surface area contributed by atoms with Gasteiger partial charge in [-0.05, 0) is 52.0 Å². The molecule has 29 heavy (non-hydrogen) atoms. The largest absolute Gasteiger partial charge is 0.454 e. The molecule has 0 saturated heterocycles. The number of ketones is 1. The Hall–Kier alpha value is -2.84. The number of thiophene rings is 2. The molecule has 0 aliphatic rings. The molecule has 4 aromatic heterocycles. The number of aromatic nitrogens is 2. The van der Waals surface area contributed by atoms with Crippen LogP contribution in [0, 0.1) is 27.7 Å². The molecule has 6 nitrogen and oxygen atoms in total. The Morgan fingerprint density at radius 3 is 2.52 bits per heavy atom. The summed E-state index contributed by atoms with van der Waals surface area (Å²) in [6.45, 7) is 7.36. The number of rotatable bonds is 5. The number of carbonyl (C=O) groups is 2. The predicted octanol–water partition coefficient (Wildman–Crippen LogP) is 5.29. The summed E-state index contributed by atoms with van der Waals surface area (Å²) in [5.41, 5.74) is 2.66. The van der Waals surface area contributed by atoms with Crippen molar-refractivity contribution in [3.8, 4) is 11.3 Å². The van der Waals surface area contributed by atoms with Crippen molar-refractivity contribution in [2.24, 2.45) is 0 Å². The van der Waals surface area contributed by atoms with Gasteiger partial charge < -0.3 is 9.26 Å². The molecule has 0 saturated carbocycles. The van der Waals surface area contributed by atoms with Crippen molar-refractivity contribution in [2.75, 3.05) is 6.61 Å². The van der Waals surface area contributed by atoms with Crippen LogP contribution < -0.4 is 0 Å². The molecule has 4 heterocycles. The average molecular weight is 427 g/mol. The van der Waals surface area contributed by atoms with E-state index in [0.29, 0.717) is 27.2 Å². The number of esters is 1. The maximum absolute atomic E-state index is 12.9. The lowest BCUT2D eigenvalue weighted by Crippen LogP contribution is -2.14. The van der Waals surface area contributed by atoms with Crippen LogP contribution >= 0.6 is 22.7 Å². The average Bonchev–Trinajstić information content (AvgIpc) is 3.37. The number of aryl methyl sites for hydroxylation is 4. The minimum absolute atomic E-state index is 0.228. The first-order valence-electron chi connectivity index (χ1n) is 8.94. The van der Waals surface area contributed by atoms with Crippen molar-refractivity contribution in [1.29, 1.82) is 0 Å². The second-order valence-corrected chi connectivity index (χ2v) is 9.49. The fraction of sp³-hybridized carbons (Fsp3) is 0.238. The number of fused-ring (bicyclic) bond motifs is 1. The van der Waals surface area contributed by atoms with Gasteiger partial charge in [0.05, 0.1) is 27.2 Å². The van der Waals surface area contributed by atoms with Crippen molar-refractivity contribution in [3.05, 3.63) is 55.0 Å². The van der Waals surface area contributed by atoms with Crippen LogP contribution in [-0.2, 0) is 4.74 Å². The number of nitrogens with zero attached hydrogens (tertiary/aromatic N) is 2. The lowest BCUT2D eigenvalue weighted by Gasteiger charge is -2.07. The van der Waals surface area contributed by atoms with Crippen LogP contribution in [0.15, 0.2) is 28.8 Å². The first kappa shape index (κ1) is 19.5. The minimum Gasteiger partial charge on any atom is -0.454 e. The second kappa shape index (κ2) is 7.53. The smallest absolute Gasteiger partial charge is 0.339 e. The Balaban J connectivity index is 1.68. The Bertz CT molecular complexity index is 1250. The first-order valence-corrected chi connectivity index (χ1v) is 10.6. The third-order valence-electron chi connectivity index (χ3n) is 4.50. The van der Waals surface area contributed by atoms with E-state index in [1.807, 2.05) is 32.9 Å². The molecule has 8 heteroatoms. The standard InChI is InChI=1S/C21H18N2O4S2/c1-10-5-6-18(29-10)17(24)9-26-21(25)15-8-16(14-7-11(2)28-13(14)4)22-20-19(15)12(3)23-27-20/h5-8H,9H2,1-4H3. The number of hydrogen-bond acceptors (Lipinski definition) is 8. The molecule has 4 rings (SSSR count). The van der Waals surface area contributed by atoms with E-state index in [2.05, 4.69) is 10.1 Å². The van der Waals surface area contributed by atoms with E-state index < -0.39 is 5.97 Å². The molecular weight excluding hydrogens is 408 g/mol. The molecule has 4 aromatic rings. The maximum Gasteiger partial charge on any atom is 0.339 e. The Kier molecular flexibility index (Phi) is 5.06.